The molecule has 1 aliphatic rings. The third-order valence-corrected chi connectivity index (χ3v) is 3.99. The van der Waals surface area contributed by atoms with E-state index in [-0.39, 0.29) is 5.91 Å². The number of carbonyl (C=O) groups is 1. The molecule has 1 aromatic rings. The monoisotopic (exact) mass is 319 g/mol. The molecule has 23 heavy (non-hydrogen) atoms. The second-order valence-corrected chi connectivity index (χ2v) is 6.03. The summed E-state index contributed by atoms with van der Waals surface area (Å²) in [6.45, 7) is 5.22. The average molecular weight is 319 g/mol. The summed E-state index contributed by atoms with van der Waals surface area (Å²) in [7, 11) is 4.03. The van der Waals surface area contributed by atoms with Gasteiger partial charge in [0, 0.05) is 12.1 Å². The van der Waals surface area contributed by atoms with Gasteiger partial charge in [-0.05, 0) is 58.6 Å². The van der Waals surface area contributed by atoms with Gasteiger partial charge in [0.1, 0.15) is 5.75 Å². The quantitative estimate of drug-likeness (QED) is 0.496. The molecule has 0 radical (unpaired) electrons. The fraction of sp³-hybridized carbons (Fsp3) is 0.529. The Morgan fingerprint density at radius 3 is 2.78 bits per heavy atom. The van der Waals surface area contributed by atoms with Gasteiger partial charge in [0.25, 0.3) is 5.91 Å². The number of hydrogen-bond acceptors (Lipinski definition) is 5. The normalized spacial score (nSPS) is 18.1. The minimum Gasteiger partial charge on any atom is -0.478 e. The minimum absolute atomic E-state index is 0.00510. The van der Waals surface area contributed by atoms with Crippen molar-refractivity contribution in [2.75, 3.05) is 32.1 Å². The first-order valence-corrected chi connectivity index (χ1v) is 7.93. The lowest BCUT2D eigenvalue weighted by Gasteiger charge is -2.34. The second-order valence-electron chi connectivity index (χ2n) is 6.03. The van der Waals surface area contributed by atoms with Gasteiger partial charge in [0.05, 0.1) is 11.4 Å². The van der Waals surface area contributed by atoms with E-state index in [2.05, 4.69) is 10.1 Å². The molecule has 1 amide bonds. The number of fused-ring (bicyclic) bond motifs is 1. The van der Waals surface area contributed by atoms with Crippen molar-refractivity contribution in [2.45, 2.75) is 32.8 Å². The maximum absolute atomic E-state index is 12.7. The maximum Gasteiger partial charge on any atom is 0.268 e. The van der Waals surface area contributed by atoms with Crippen LogP contribution in [0.1, 0.15) is 32.3 Å². The summed E-state index contributed by atoms with van der Waals surface area (Å²) in [6.07, 6.45) is 1.09. The summed E-state index contributed by atoms with van der Waals surface area (Å²) in [5.74, 6) is 0.699. The molecule has 1 atom stereocenters. The van der Waals surface area contributed by atoms with Crippen molar-refractivity contribution in [3.05, 3.63) is 23.8 Å². The molecule has 6 nitrogen and oxygen atoms in total. The zero-order valence-corrected chi connectivity index (χ0v) is 14.2. The van der Waals surface area contributed by atoms with Crippen LogP contribution in [0, 0.1) is 0 Å². The molecule has 0 saturated carbocycles. The molecule has 126 valence electrons. The second kappa shape index (κ2) is 7.46. The van der Waals surface area contributed by atoms with E-state index in [4.69, 9.17) is 9.94 Å². The summed E-state index contributed by atoms with van der Waals surface area (Å²) in [5.41, 5.74) is 2.03. The number of rotatable bonds is 6. The van der Waals surface area contributed by atoms with Crippen molar-refractivity contribution in [2.24, 2.45) is 5.16 Å². The van der Waals surface area contributed by atoms with E-state index in [0.29, 0.717) is 24.4 Å². The van der Waals surface area contributed by atoms with E-state index < -0.39 is 6.10 Å². The summed E-state index contributed by atoms with van der Waals surface area (Å²) in [6, 6.07) is 5.53. The van der Waals surface area contributed by atoms with Gasteiger partial charge in [0.2, 0.25) is 0 Å². The van der Waals surface area contributed by atoms with Crippen LogP contribution in [0.5, 0.6) is 5.75 Å². The SMILES string of the molecule is CCC1Oc2ccc(/C(C)=N\O)cc2N(CCCN(C)C)C1=O. The Labute approximate surface area is 137 Å². The van der Waals surface area contributed by atoms with E-state index in [9.17, 15) is 4.79 Å². The number of anilines is 1. The number of nitrogens with zero attached hydrogens (tertiary/aromatic N) is 3. The maximum atomic E-state index is 12.7. The highest BCUT2D eigenvalue weighted by Crippen LogP contribution is 2.35. The van der Waals surface area contributed by atoms with Crippen LogP contribution in [0.2, 0.25) is 0 Å². The molecule has 0 saturated heterocycles. The van der Waals surface area contributed by atoms with Crippen LogP contribution in [0.3, 0.4) is 0 Å². The number of carbonyl (C=O) groups excluding carboxylic acids is 1. The lowest BCUT2D eigenvalue weighted by Crippen LogP contribution is -2.46. The summed E-state index contributed by atoms with van der Waals surface area (Å²) >= 11 is 0. The third-order valence-electron chi connectivity index (χ3n) is 3.99. The van der Waals surface area contributed by atoms with Crippen molar-refractivity contribution in [3.8, 4) is 5.75 Å². The largest absolute Gasteiger partial charge is 0.478 e. The Morgan fingerprint density at radius 1 is 1.43 bits per heavy atom. The van der Waals surface area contributed by atoms with Gasteiger partial charge in [-0.25, -0.2) is 0 Å². The van der Waals surface area contributed by atoms with Gasteiger partial charge < -0.3 is 19.7 Å². The Kier molecular flexibility index (Phi) is 5.60. The Hall–Kier alpha value is -2.08. The lowest BCUT2D eigenvalue weighted by molar-refractivity contribution is -0.126. The van der Waals surface area contributed by atoms with E-state index in [1.54, 1.807) is 11.8 Å². The molecule has 0 bridgehead atoms. The summed E-state index contributed by atoms with van der Waals surface area (Å²) in [5, 5.41) is 12.2. The molecular weight excluding hydrogens is 294 g/mol. The zero-order chi connectivity index (χ0) is 17.0. The number of benzene rings is 1. The molecule has 1 heterocycles. The predicted octanol–water partition coefficient (Wildman–Crippen LogP) is 2.34. The Morgan fingerprint density at radius 2 is 2.17 bits per heavy atom. The standard InChI is InChI=1S/C17H25N3O3/c1-5-15-17(21)20(10-6-9-19(3)4)14-11-13(12(2)18-22)7-8-16(14)23-15/h7-8,11,15,22H,5-6,9-10H2,1-4H3/b18-12-. The first-order chi connectivity index (χ1) is 11.0. The number of oxime groups is 1. The fourth-order valence-electron chi connectivity index (χ4n) is 2.64. The van der Waals surface area contributed by atoms with E-state index >= 15 is 0 Å². The van der Waals surface area contributed by atoms with Crippen LogP contribution < -0.4 is 9.64 Å². The molecule has 1 aromatic carbocycles. The molecule has 0 aliphatic carbocycles. The van der Waals surface area contributed by atoms with Crippen molar-refractivity contribution in [3.63, 3.8) is 0 Å². The Balaban J connectivity index is 2.33. The molecule has 1 N–H and O–H groups in total. The molecule has 0 fully saturated rings. The molecule has 6 heteroatoms. The van der Waals surface area contributed by atoms with Gasteiger partial charge in [-0.3, -0.25) is 4.79 Å². The van der Waals surface area contributed by atoms with Gasteiger partial charge in [0.15, 0.2) is 6.10 Å². The number of amides is 1. The highest BCUT2D eigenvalue weighted by atomic mass is 16.5. The van der Waals surface area contributed by atoms with E-state index in [0.717, 1.165) is 24.2 Å². The van der Waals surface area contributed by atoms with Gasteiger partial charge >= 0.3 is 0 Å². The average Bonchev–Trinajstić information content (AvgIpc) is 2.55. The fourth-order valence-corrected chi connectivity index (χ4v) is 2.64. The van der Waals surface area contributed by atoms with Crippen molar-refractivity contribution in [1.82, 2.24) is 4.90 Å². The molecular formula is C17H25N3O3. The first kappa shape index (κ1) is 17.3. The minimum atomic E-state index is -0.430. The van der Waals surface area contributed by atoms with Crippen molar-refractivity contribution >= 4 is 17.3 Å². The smallest absolute Gasteiger partial charge is 0.268 e. The van der Waals surface area contributed by atoms with Crippen molar-refractivity contribution in [1.29, 1.82) is 0 Å². The molecule has 0 aromatic heterocycles. The van der Waals surface area contributed by atoms with E-state index in [1.807, 2.05) is 39.2 Å². The van der Waals surface area contributed by atoms with Crippen LogP contribution >= 0.6 is 0 Å². The third kappa shape index (κ3) is 3.82. The van der Waals surface area contributed by atoms with Crippen LogP contribution in [-0.2, 0) is 4.79 Å². The van der Waals surface area contributed by atoms with Crippen molar-refractivity contribution < 1.29 is 14.7 Å². The highest BCUT2D eigenvalue weighted by Gasteiger charge is 2.33. The van der Waals surface area contributed by atoms with Crippen LogP contribution in [0.4, 0.5) is 5.69 Å². The van der Waals surface area contributed by atoms with Crippen LogP contribution in [0.25, 0.3) is 0 Å². The molecule has 2 rings (SSSR count). The zero-order valence-electron chi connectivity index (χ0n) is 14.2. The van der Waals surface area contributed by atoms with Gasteiger partial charge in [-0.15, -0.1) is 0 Å². The van der Waals surface area contributed by atoms with Gasteiger partial charge in [-0.1, -0.05) is 12.1 Å². The highest BCUT2D eigenvalue weighted by molar-refractivity contribution is 6.03. The van der Waals surface area contributed by atoms with Crippen LogP contribution in [-0.4, -0.2) is 55.0 Å². The summed E-state index contributed by atoms with van der Waals surface area (Å²) in [4.78, 5) is 16.5. The van der Waals surface area contributed by atoms with Gasteiger partial charge in [-0.2, -0.15) is 0 Å². The predicted molar refractivity (Wildman–Crippen MR) is 90.7 cm³/mol. The number of hydrogen-bond donors (Lipinski definition) is 1. The first-order valence-electron chi connectivity index (χ1n) is 7.93. The molecule has 1 unspecified atom stereocenters. The Bertz CT molecular complexity index is 599. The summed E-state index contributed by atoms with van der Waals surface area (Å²) < 4.78 is 5.82. The van der Waals surface area contributed by atoms with Crippen LogP contribution in [0.15, 0.2) is 23.4 Å². The van der Waals surface area contributed by atoms with E-state index in [1.165, 1.54) is 0 Å². The molecule has 1 aliphatic heterocycles. The lowest BCUT2D eigenvalue weighted by atomic mass is 10.1. The molecule has 0 spiro atoms. The number of ether oxygens (including phenoxy) is 1. The topological polar surface area (TPSA) is 65.4 Å².